The molecule has 0 radical (unpaired) electrons. The van der Waals surface area contributed by atoms with Crippen LogP contribution in [0.2, 0.25) is 0 Å². The largest absolute Gasteiger partial charge is 0.451 e. The highest BCUT2D eigenvalue weighted by Crippen LogP contribution is 2.33. The van der Waals surface area contributed by atoms with Gasteiger partial charge in [0.1, 0.15) is 9.88 Å². The molecule has 6 nitrogen and oxygen atoms in total. The summed E-state index contributed by atoms with van der Waals surface area (Å²) in [5.74, 6) is -1.25. The Morgan fingerprint density at radius 3 is 2.39 bits per heavy atom. The number of anilines is 1. The van der Waals surface area contributed by atoms with Crippen LogP contribution in [0.15, 0.2) is 54.6 Å². The number of para-hydroxylation sites is 1. The van der Waals surface area contributed by atoms with Crippen molar-refractivity contribution in [1.82, 2.24) is 4.98 Å². The molecule has 0 saturated heterocycles. The zero-order valence-corrected chi connectivity index (χ0v) is 18.2. The molecule has 3 aromatic rings. The molecule has 0 aliphatic heterocycles. The van der Waals surface area contributed by atoms with Gasteiger partial charge in [0.25, 0.3) is 5.91 Å². The lowest BCUT2D eigenvalue weighted by Crippen LogP contribution is -2.35. The summed E-state index contributed by atoms with van der Waals surface area (Å²) in [6, 6.07) is 15.1. The Kier molecular flexibility index (Phi) is 7.45. The van der Waals surface area contributed by atoms with Gasteiger partial charge in [0.2, 0.25) is 0 Å². The highest BCUT2D eigenvalue weighted by molar-refractivity contribution is 7.17. The summed E-state index contributed by atoms with van der Waals surface area (Å²) in [6.07, 6.45) is -4.33. The smallest absolute Gasteiger partial charge is 0.416 e. The minimum absolute atomic E-state index is 0.110. The van der Waals surface area contributed by atoms with Gasteiger partial charge in [0.15, 0.2) is 6.61 Å². The van der Waals surface area contributed by atoms with Crippen LogP contribution in [-0.4, -0.2) is 30.0 Å². The molecule has 0 fully saturated rings. The number of carbonyl (C=O) groups excluding carboxylic acids is 2. The first-order valence-corrected chi connectivity index (χ1v) is 10.6. The average molecular weight is 473 g/mol. The lowest BCUT2D eigenvalue weighted by Gasteiger charge is -2.21. The van der Waals surface area contributed by atoms with Crippen LogP contribution in [0.4, 0.5) is 18.9 Å². The predicted molar refractivity (Wildman–Crippen MR) is 117 cm³/mol. The normalized spacial score (nSPS) is 11.0. The maximum absolute atomic E-state index is 12.8. The number of thiazole rings is 1. The first-order chi connectivity index (χ1) is 15.7. The first-order valence-electron chi connectivity index (χ1n) is 9.75. The van der Waals surface area contributed by atoms with E-state index in [2.05, 4.69) is 4.98 Å². The average Bonchev–Trinajstić information content (AvgIpc) is 3.19. The summed E-state index contributed by atoms with van der Waals surface area (Å²) in [7, 11) is 0. The van der Waals surface area contributed by atoms with Crippen LogP contribution in [0.5, 0.6) is 0 Å². The summed E-state index contributed by atoms with van der Waals surface area (Å²) in [5.41, 5.74) is 0.569. The van der Waals surface area contributed by atoms with E-state index >= 15 is 0 Å². The second-order valence-corrected chi connectivity index (χ2v) is 7.87. The van der Waals surface area contributed by atoms with Gasteiger partial charge in [-0.25, -0.2) is 9.78 Å². The topological polar surface area (TPSA) is 83.3 Å². The Morgan fingerprint density at radius 2 is 1.79 bits per heavy atom. The number of alkyl halides is 3. The Hall–Kier alpha value is -3.71. The SMILES string of the molecule is Cc1nc(-c2ccc(C(F)(F)F)cc2)sc1C(=O)OCC(=O)N(CCC#N)c1ccccc1. The third-order valence-electron chi connectivity index (χ3n) is 4.58. The molecule has 10 heteroatoms. The number of esters is 1. The maximum Gasteiger partial charge on any atom is 0.416 e. The fourth-order valence-corrected chi connectivity index (χ4v) is 3.91. The molecular formula is C23H18F3N3O3S. The van der Waals surface area contributed by atoms with E-state index in [1.165, 1.54) is 17.0 Å². The van der Waals surface area contributed by atoms with E-state index in [0.29, 0.717) is 22.0 Å². The van der Waals surface area contributed by atoms with Crippen LogP contribution in [0.1, 0.15) is 27.3 Å². The van der Waals surface area contributed by atoms with Crippen molar-refractivity contribution in [3.8, 4) is 16.6 Å². The zero-order chi connectivity index (χ0) is 24.0. The molecule has 1 aromatic heterocycles. The molecule has 0 saturated carbocycles. The standard InChI is InChI=1S/C23H18F3N3O3S/c1-15-20(33-21(28-15)16-8-10-17(11-9-16)23(24,25)26)22(31)32-14-19(30)29(13-5-12-27)18-6-3-2-4-7-18/h2-4,6-11H,5,13-14H2,1H3. The lowest BCUT2D eigenvalue weighted by atomic mass is 10.1. The van der Waals surface area contributed by atoms with Gasteiger partial charge >= 0.3 is 12.1 Å². The minimum Gasteiger partial charge on any atom is -0.451 e. The molecule has 0 N–H and O–H groups in total. The van der Waals surface area contributed by atoms with E-state index in [9.17, 15) is 22.8 Å². The van der Waals surface area contributed by atoms with Crippen molar-refractivity contribution in [3.05, 3.63) is 70.7 Å². The van der Waals surface area contributed by atoms with Crippen molar-refractivity contribution in [3.63, 3.8) is 0 Å². The van der Waals surface area contributed by atoms with E-state index in [-0.39, 0.29) is 17.8 Å². The van der Waals surface area contributed by atoms with Crippen molar-refractivity contribution in [1.29, 1.82) is 5.26 Å². The summed E-state index contributed by atoms with van der Waals surface area (Å²) in [6.45, 7) is 1.19. The molecule has 3 rings (SSSR count). The molecule has 0 bridgehead atoms. The van der Waals surface area contributed by atoms with Crippen molar-refractivity contribution in [2.75, 3.05) is 18.1 Å². The third kappa shape index (κ3) is 5.96. The molecule has 1 amide bonds. The van der Waals surface area contributed by atoms with Crippen LogP contribution in [-0.2, 0) is 15.7 Å². The van der Waals surface area contributed by atoms with Gasteiger partial charge in [-0.2, -0.15) is 18.4 Å². The number of ether oxygens (including phenoxy) is 1. The molecule has 0 aliphatic rings. The summed E-state index contributed by atoms with van der Waals surface area (Å²) < 4.78 is 43.5. The van der Waals surface area contributed by atoms with Gasteiger partial charge in [0.05, 0.1) is 23.7 Å². The van der Waals surface area contributed by atoms with Crippen molar-refractivity contribution >= 4 is 28.9 Å². The zero-order valence-electron chi connectivity index (χ0n) is 17.4. The lowest BCUT2D eigenvalue weighted by molar-refractivity contribution is -0.137. The van der Waals surface area contributed by atoms with Gasteiger partial charge in [-0.3, -0.25) is 4.79 Å². The number of aryl methyl sites for hydroxylation is 1. The molecule has 0 aliphatic carbocycles. The number of carbonyl (C=O) groups is 2. The molecule has 0 unspecified atom stereocenters. The number of aromatic nitrogens is 1. The number of amides is 1. The molecule has 1 heterocycles. The fourth-order valence-electron chi connectivity index (χ4n) is 2.95. The molecule has 0 spiro atoms. The minimum atomic E-state index is -4.44. The van der Waals surface area contributed by atoms with Crippen LogP contribution in [0.25, 0.3) is 10.6 Å². The van der Waals surface area contributed by atoms with Crippen molar-refractivity contribution < 1.29 is 27.5 Å². The highest BCUT2D eigenvalue weighted by atomic mass is 32.1. The number of halogens is 3. The van der Waals surface area contributed by atoms with E-state index in [1.807, 2.05) is 6.07 Å². The Bertz CT molecular complexity index is 1170. The van der Waals surface area contributed by atoms with Gasteiger partial charge in [-0.1, -0.05) is 30.3 Å². The summed E-state index contributed by atoms with van der Waals surface area (Å²) in [4.78, 5) is 31.0. The van der Waals surface area contributed by atoms with E-state index in [0.717, 1.165) is 23.5 Å². The number of hydrogen-bond donors (Lipinski definition) is 0. The van der Waals surface area contributed by atoms with Crippen LogP contribution >= 0.6 is 11.3 Å². The second kappa shape index (κ2) is 10.3. The summed E-state index contributed by atoms with van der Waals surface area (Å²) >= 11 is 0.970. The number of benzene rings is 2. The number of hydrogen-bond acceptors (Lipinski definition) is 6. The Labute approximate surface area is 191 Å². The molecular weight excluding hydrogens is 455 g/mol. The maximum atomic E-state index is 12.8. The van der Waals surface area contributed by atoms with Crippen LogP contribution < -0.4 is 4.90 Å². The second-order valence-electron chi connectivity index (χ2n) is 6.87. The van der Waals surface area contributed by atoms with Crippen molar-refractivity contribution in [2.45, 2.75) is 19.5 Å². The molecule has 2 aromatic carbocycles. The quantitative estimate of drug-likeness (QED) is 0.438. The van der Waals surface area contributed by atoms with Gasteiger partial charge in [-0.15, -0.1) is 11.3 Å². The third-order valence-corrected chi connectivity index (χ3v) is 5.77. The van der Waals surface area contributed by atoms with Gasteiger partial charge in [-0.05, 0) is 31.2 Å². The number of rotatable bonds is 7. The van der Waals surface area contributed by atoms with Gasteiger partial charge < -0.3 is 9.64 Å². The molecule has 33 heavy (non-hydrogen) atoms. The predicted octanol–water partition coefficient (Wildman–Crippen LogP) is 5.24. The molecule has 170 valence electrons. The number of nitrogens with zero attached hydrogens (tertiary/aromatic N) is 3. The van der Waals surface area contributed by atoms with Crippen LogP contribution in [0, 0.1) is 18.3 Å². The molecule has 0 atom stereocenters. The number of nitriles is 1. The Morgan fingerprint density at radius 1 is 1.12 bits per heavy atom. The van der Waals surface area contributed by atoms with E-state index in [1.54, 1.807) is 37.3 Å². The van der Waals surface area contributed by atoms with Gasteiger partial charge in [0, 0.05) is 17.8 Å². The first kappa shape index (κ1) is 23.9. The highest BCUT2D eigenvalue weighted by Gasteiger charge is 2.30. The van der Waals surface area contributed by atoms with Crippen LogP contribution in [0.3, 0.4) is 0 Å². The van der Waals surface area contributed by atoms with E-state index in [4.69, 9.17) is 10.00 Å². The monoisotopic (exact) mass is 473 g/mol. The Balaban J connectivity index is 1.70. The van der Waals surface area contributed by atoms with Crippen molar-refractivity contribution in [2.24, 2.45) is 0 Å². The fraction of sp³-hybridized carbons (Fsp3) is 0.217. The summed E-state index contributed by atoms with van der Waals surface area (Å²) in [5, 5.41) is 9.22. The van der Waals surface area contributed by atoms with E-state index < -0.39 is 30.2 Å².